The van der Waals surface area contributed by atoms with Gasteiger partial charge in [0.25, 0.3) is 5.91 Å². The Balaban J connectivity index is 1.46. The number of sulfone groups is 1. The van der Waals surface area contributed by atoms with Gasteiger partial charge < -0.3 is 14.8 Å². The van der Waals surface area contributed by atoms with Crippen molar-refractivity contribution in [3.05, 3.63) is 35.5 Å². The van der Waals surface area contributed by atoms with Gasteiger partial charge in [-0.2, -0.15) is 5.10 Å². The largest absolute Gasteiger partial charge is 0.486 e. The summed E-state index contributed by atoms with van der Waals surface area (Å²) in [5.74, 6) is 1.79. The smallest absolute Gasteiger partial charge is 0.260 e. The average Bonchev–Trinajstić information content (AvgIpc) is 3.36. The average molecular weight is 403 g/mol. The Labute approximate surface area is 162 Å². The van der Waals surface area contributed by atoms with Crippen LogP contribution in [0.25, 0.3) is 0 Å². The molecule has 8 nitrogen and oxygen atoms in total. The highest BCUT2D eigenvalue weighted by atomic mass is 32.2. The normalized spacial score (nSPS) is 22.8. The number of carbonyl (C=O) groups excluding carboxylic acids is 1. The lowest BCUT2D eigenvalue weighted by molar-refractivity contribution is 0.101. The molecule has 0 bridgehead atoms. The number of para-hydroxylation sites is 1. The first-order chi connectivity index (χ1) is 13.5. The fourth-order valence-electron chi connectivity index (χ4n) is 3.77. The van der Waals surface area contributed by atoms with E-state index in [1.165, 1.54) is 0 Å². The fraction of sp³-hybridized carbons (Fsp3) is 0.474. The second kappa shape index (κ2) is 6.51. The van der Waals surface area contributed by atoms with Crippen molar-refractivity contribution in [2.24, 2.45) is 0 Å². The molecule has 9 heteroatoms. The number of fused-ring (bicyclic) bond motifs is 1. The Morgan fingerprint density at radius 1 is 1.18 bits per heavy atom. The summed E-state index contributed by atoms with van der Waals surface area (Å²) in [7, 11) is -3.06. The van der Waals surface area contributed by atoms with Gasteiger partial charge in [-0.05, 0) is 31.4 Å². The number of amides is 1. The number of benzene rings is 1. The van der Waals surface area contributed by atoms with Gasteiger partial charge in [0.15, 0.2) is 21.3 Å². The number of hydrogen-bond donors (Lipinski definition) is 1. The highest BCUT2D eigenvalue weighted by Gasteiger charge is 2.34. The Hall–Kier alpha value is -2.55. The predicted octanol–water partition coefficient (Wildman–Crippen LogP) is 2.14. The molecule has 0 radical (unpaired) electrons. The third-order valence-electron chi connectivity index (χ3n) is 5.36. The molecular weight excluding hydrogens is 382 g/mol. The highest BCUT2D eigenvalue weighted by Crippen LogP contribution is 2.41. The zero-order valence-corrected chi connectivity index (χ0v) is 16.1. The lowest BCUT2D eigenvalue weighted by atomic mass is 10.1. The Morgan fingerprint density at radius 3 is 2.75 bits per heavy atom. The van der Waals surface area contributed by atoms with Crippen molar-refractivity contribution in [1.82, 2.24) is 9.78 Å². The van der Waals surface area contributed by atoms with E-state index in [1.807, 2.05) is 6.07 Å². The Bertz CT molecular complexity index is 1040. The van der Waals surface area contributed by atoms with E-state index in [4.69, 9.17) is 9.47 Å². The van der Waals surface area contributed by atoms with Crippen LogP contribution in [0.4, 0.5) is 5.82 Å². The topological polar surface area (TPSA) is 99.5 Å². The molecule has 2 aliphatic heterocycles. The molecule has 3 aliphatic rings. The molecule has 1 saturated heterocycles. The molecule has 5 rings (SSSR count). The first-order valence-electron chi connectivity index (χ1n) is 9.50. The van der Waals surface area contributed by atoms with Gasteiger partial charge >= 0.3 is 0 Å². The van der Waals surface area contributed by atoms with Gasteiger partial charge in [0.2, 0.25) is 0 Å². The number of nitrogens with one attached hydrogen (secondary N) is 1. The van der Waals surface area contributed by atoms with Crippen molar-refractivity contribution in [3.8, 4) is 11.5 Å². The van der Waals surface area contributed by atoms with E-state index in [9.17, 15) is 13.2 Å². The van der Waals surface area contributed by atoms with Crippen molar-refractivity contribution in [1.29, 1.82) is 0 Å². The van der Waals surface area contributed by atoms with Gasteiger partial charge in [-0.25, -0.2) is 13.1 Å². The van der Waals surface area contributed by atoms with Crippen LogP contribution in [0.3, 0.4) is 0 Å². The van der Waals surface area contributed by atoms with Gasteiger partial charge in [0.1, 0.15) is 19.0 Å². The maximum Gasteiger partial charge on any atom is 0.260 e. The molecule has 1 atom stereocenters. The summed E-state index contributed by atoms with van der Waals surface area (Å²) in [5, 5.41) is 7.55. The quantitative estimate of drug-likeness (QED) is 0.840. The molecule has 2 fully saturated rings. The SMILES string of the molecule is O=C(Nc1cc(C2CC2)nn1C1CCS(=O)(=O)C1)c1cccc2c1OCCO2. The molecule has 1 saturated carbocycles. The third-order valence-corrected chi connectivity index (χ3v) is 7.11. The van der Waals surface area contributed by atoms with E-state index >= 15 is 0 Å². The minimum atomic E-state index is -3.06. The molecule has 148 valence electrons. The van der Waals surface area contributed by atoms with E-state index in [0.29, 0.717) is 48.4 Å². The van der Waals surface area contributed by atoms with Crippen molar-refractivity contribution in [3.63, 3.8) is 0 Å². The molecular formula is C19H21N3O5S. The highest BCUT2D eigenvalue weighted by molar-refractivity contribution is 7.91. The third kappa shape index (κ3) is 3.23. The van der Waals surface area contributed by atoms with Gasteiger partial charge in [-0.3, -0.25) is 4.79 Å². The molecule has 0 spiro atoms. The minimum absolute atomic E-state index is 0.0549. The summed E-state index contributed by atoms with van der Waals surface area (Å²) in [6.07, 6.45) is 2.66. The van der Waals surface area contributed by atoms with Gasteiger partial charge in [0, 0.05) is 12.0 Å². The van der Waals surface area contributed by atoms with E-state index in [1.54, 1.807) is 22.9 Å². The van der Waals surface area contributed by atoms with E-state index in [0.717, 1.165) is 18.5 Å². The zero-order chi connectivity index (χ0) is 19.3. The van der Waals surface area contributed by atoms with Crippen LogP contribution >= 0.6 is 0 Å². The zero-order valence-electron chi connectivity index (χ0n) is 15.3. The molecule has 3 heterocycles. The molecule has 1 aliphatic carbocycles. The lowest BCUT2D eigenvalue weighted by Crippen LogP contribution is -2.22. The van der Waals surface area contributed by atoms with Crippen LogP contribution in [0, 0.1) is 0 Å². The minimum Gasteiger partial charge on any atom is -0.486 e. The first kappa shape index (κ1) is 17.5. The van der Waals surface area contributed by atoms with Crippen molar-refractivity contribution < 1.29 is 22.7 Å². The lowest BCUT2D eigenvalue weighted by Gasteiger charge is -2.21. The first-order valence-corrected chi connectivity index (χ1v) is 11.3. The van der Waals surface area contributed by atoms with Crippen molar-refractivity contribution >= 4 is 21.6 Å². The van der Waals surface area contributed by atoms with Crippen LogP contribution in [-0.4, -0.2) is 48.8 Å². The summed E-state index contributed by atoms with van der Waals surface area (Å²) < 4.78 is 36.7. The Morgan fingerprint density at radius 2 is 2.00 bits per heavy atom. The maximum atomic E-state index is 13.0. The van der Waals surface area contributed by atoms with Crippen LogP contribution in [0.1, 0.15) is 47.3 Å². The monoisotopic (exact) mass is 403 g/mol. The molecule has 1 aromatic heterocycles. The van der Waals surface area contributed by atoms with Crippen LogP contribution in [0.2, 0.25) is 0 Å². The summed E-state index contributed by atoms with van der Waals surface area (Å²) in [4.78, 5) is 13.0. The standard InChI is InChI=1S/C19H21N3O5S/c23-19(14-2-1-3-16-18(14)27-8-7-26-16)20-17-10-15(12-4-5-12)21-22(17)13-6-9-28(24,25)11-13/h1-3,10,12-13H,4-9,11H2,(H,20,23). The number of ether oxygens (including phenoxy) is 2. The molecule has 1 amide bonds. The molecule has 28 heavy (non-hydrogen) atoms. The van der Waals surface area contributed by atoms with Gasteiger partial charge in [0.05, 0.1) is 28.8 Å². The van der Waals surface area contributed by atoms with Gasteiger partial charge in [-0.15, -0.1) is 0 Å². The molecule has 2 aromatic rings. The van der Waals surface area contributed by atoms with Crippen molar-refractivity contribution in [2.75, 3.05) is 30.0 Å². The Kier molecular flexibility index (Phi) is 4.08. The number of rotatable bonds is 4. The number of carbonyl (C=O) groups is 1. The van der Waals surface area contributed by atoms with Crippen LogP contribution in [0.5, 0.6) is 11.5 Å². The van der Waals surface area contributed by atoms with Gasteiger partial charge in [-0.1, -0.05) is 6.07 Å². The molecule has 1 aromatic carbocycles. The summed E-state index contributed by atoms with van der Waals surface area (Å²) >= 11 is 0. The van der Waals surface area contributed by atoms with E-state index < -0.39 is 9.84 Å². The second-order valence-electron chi connectivity index (χ2n) is 7.51. The number of anilines is 1. The summed E-state index contributed by atoms with van der Waals surface area (Å²) in [6, 6.07) is 6.82. The fourth-order valence-corrected chi connectivity index (χ4v) is 5.46. The van der Waals surface area contributed by atoms with Crippen LogP contribution in [-0.2, 0) is 9.84 Å². The predicted molar refractivity (Wildman–Crippen MR) is 102 cm³/mol. The van der Waals surface area contributed by atoms with E-state index in [2.05, 4.69) is 10.4 Å². The molecule has 1 N–H and O–H groups in total. The van der Waals surface area contributed by atoms with Crippen LogP contribution in [0.15, 0.2) is 24.3 Å². The number of aromatic nitrogens is 2. The summed E-state index contributed by atoms with van der Waals surface area (Å²) in [6.45, 7) is 0.840. The summed E-state index contributed by atoms with van der Waals surface area (Å²) in [5.41, 5.74) is 1.30. The molecule has 1 unspecified atom stereocenters. The maximum absolute atomic E-state index is 13.0. The number of nitrogens with zero attached hydrogens (tertiary/aromatic N) is 2. The van der Waals surface area contributed by atoms with Crippen molar-refractivity contribution in [2.45, 2.75) is 31.2 Å². The number of hydrogen-bond acceptors (Lipinski definition) is 6. The second-order valence-corrected chi connectivity index (χ2v) is 9.74. The van der Waals surface area contributed by atoms with Crippen LogP contribution < -0.4 is 14.8 Å². The van der Waals surface area contributed by atoms with E-state index in [-0.39, 0.29) is 23.5 Å².